The second kappa shape index (κ2) is 18.8. The van der Waals surface area contributed by atoms with Crippen molar-refractivity contribution in [3.05, 3.63) is 83.2 Å². The number of aliphatic hydroxyl groups excluding tert-OH is 1. The third-order valence-corrected chi connectivity index (χ3v) is 14.3. The molecule has 64 heavy (non-hydrogen) atoms. The van der Waals surface area contributed by atoms with E-state index in [0.29, 0.717) is 41.6 Å². The van der Waals surface area contributed by atoms with E-state index in [0.717, 1.165) is 91.9 Å². The van der Waals surface area contributed by atoms with E-state index in [9.17, 15) is 19.8 Å². The Balaban J connectivity index is 0.768. The van der Waals surface area contributed by atoms with Gasteiger partial charge >= 0.3 is 0 Å². The van der Waals surface area contributed by atoms with Gasteiger partial charge in [0.05, 0.1) is 45.7 Å². The molecule has 7 heterocycles. The summed E-state index contributed by atoms with van der Waals surface area (Å²) in [5, 5.41) is 40.8. The number of piperidine rings is 1. The maximum Gasteiger partial charge on any atom is 0.254 e. The smallest absolute Gasteiger partial charge is 0.254 e. The number of aryl methyl sites for hydroxylation is 1. The number of likely N-dealkylation sites (tertiary alicyclic amines) is 2. The average molecular weight is 891 g/mol. The number of phenols is 1. The van der Waals surface area contributed by atoms with Gasteiger partial charge in [-0.15, -0.1) is 21.5 Å². The predicted octanol–water partition coefficient (Wildman–Crippen LogP) is 5.31. The number of nitrogens with zero attached hydrogens (tertiary/aromatic N) is 8. The van der Waals surface area contributed by atoms with Crippen LogP contribution in [-0.2, 0) is 9.59 Å². The summed E-state index contributed by atoms with van der Waals surface area (Å²) in [6.45, 7) is 14.5. The Morgan fingerprint density at radius 3 is 2.62 bits per heavy atom. The highest BCUT2D eigenvalue weighted by molar-refractivity contribution is 7.13. The standard InChI is InChI=1S/C47H58N10O6S/c1-28(2)43(47(61)57-26-35(58)20-39(57)46(60)50-29(3)31-11-13-32(14-12-31)44-30(4)49-27-64-44)41-22-42(53-63-41)62-19-18-54-15-7-8-33(24-54)55-16-17-56-34(25-55)23-48-45-38(56)21-37(51-52-45)36-9-5-6-10-40(36)59/h5-6,9-14,21-22,27-29,33-35,39,43,58-59H,7-8,15-20,23-26H2,1-4H3,(H,48,52)(H,50,60)/t29-,33-,34+,35+,39-,43+/m0/s1. The molecule has 2 aromatic carbocycles. The van der Waals surface area contributed by atoms with E-state index in [1.165, 1.54) is 4.90 Å². The number of amides is 2. The summed E-state index contributed by atoms with van der Waals surface area (Å²) < 4.78 is 11.9. The highest BCUT2D eigenvalue weighted by atomic mass is 32.1. The molecule has 3 fully saturated rings. The molecule has 338 valence electrons. The zero-order chi connectivity index (χ0) is 44.5. The molecule has 9 rings (SSSR count). The van der Waals surface area contributed by atoms with Crippen molar-refractivity contribution in [2.45, 2.75) is 83.1 Å². The molecule has 4 aliphatic rings. The highest BCUT2D eigenvalue weighted by Crippen LogP contribution is 2.37. The molecule has 4 N–H and O–H groups in total. The number of carbonyl (C=O) groups excluding carboxylic acids is 2. The van der Waals surface area contributed by atoms with Gasteiger partial charge in [-0.1, -0.05) is 50.2 Å². The molecule has 0 saturated carbocycles. The molecule has 0 bridgehead atoms. The maximum atomic E-state index is 14.3. The molecule has 17 heteroatoms. The van der Waals surface area contributed by atoms with Gasteiger partial charge in [0.25, 0.3) is 5.88 Å². The van der Waals surface area contributed by atoms with Crippen molar-refractivity contribution in [1.29, 1.82) is 0 Å². The second-order valence-corrected chi connectivity index (χ2v) is 18.8. The summed E-state index contributed by atoms with van der Waals surface area (Å²) in [5.41, 5.74) is 7.18. The van der Waals surface area contributed by atoms with E-state index in [2.05, 4.69) is 45.7 Å². The number of aromatic nitrogens is 4. The fourth-order valence-electron chi connectivity index (χ4n) is 9.88. The second-order valence-electron chi connectivity index (χ2n) is 18.0. The van der Waals surface area contributed by atoms with Crippen LogP contribution in [0.15, 0.2) is 70.7 Å². The lowest BCUT2D eigenvalue weighted by molar-refractivity contribution is -0.141. The zero-order valence-electron chi connectivity index (χ0n) is 36.9. The van der Waals surface area contributed by atoms with E-state index in [-0.39, 0.29) is 42.5 Å². The van der Waals surface area contributed by atoms with Gasteiger partial charge < -0.3 is 39.9 Å². The minimum atomic E-state index is -0.823. The van der Waals surface area contributed by atoms with E-state index in [4.69, 9.17) is 9.26 Å². The highest BCUT2D eigenvalue weighted by Gasteiger charge is 2.44. The Morgan fingerprint density at radius 2 is 1.84 bits per heavy atom. The predicted molar refractivity (Wildman–Crippen MR) is 244 cm³/mol. The summed E-state index contributed by atoms with van der Waals surface area (Å²) in [7, 11) is 0. The number of hydrogen-bond acceptors (Lipinski definition) is 15. The molecule has 3 aromatic heterocycles. The number of rotatable bonds is 13. The molecule has 0 unspecified atom stereocenters. The fourth-order valence-corrected chi connectivity index (χ4v) is 10.7. The minimum absolute atomic E-state index is 0.0594. The molecule has 2 amide bonds. The van der Waals surface area contributed by atoms with Crippen molar-refractivity contribution in [3.63, 3.8) is 0 Å². The molecule has 16 nitrogen and oxygen atoms in total. The third-order valence-electron chi connectivity index (χ3n) is 13.3. The van der Waals surface area contributed by atoms with Crippen molar-refractivity contribution in [1.82, 2.24) is 40.4 Å². The van der Waals surface area contributed by atoms with Gasteiger partial charge in [-0.25, -0.2) is 4.98 Å². The van der Waals surface area contributed by atoms with Crippen LogP contribution in [0.4, 0.5) is 11.5 Å². The minimum Gasteiger partial charge on any atom is -0.507 e. The van der Waals surface area contributed by atoms with Gasteiger partial charge in [0.1, 0.15) is 24.3 Å². The molecular weight excluding hydrogens is 833 g/mol. The van der Waals surface area contributed by atoms with Crippen molar-refractivity contribution in [3.8, 4) is 33.3 Å². The van der Waals surface area contributed by atoms with Gasteiger partial charge in [-0.3, -0.25) is 19.4 Å². The molecule has 5 aromatic rings. The number of ether oxygens (including phenoxy) is 1. The number of β-amino-alcohol motifs (C(OH)–C–C–N with tert-alkyl or cyclic N) is 1. The Bertz CT molecular complexity index is 2430. The van der Waals surface area contributed by atoms with Crippen LogP contribution in [0.2, 0.25) is 0 Å². The number of para-hydroxylation sites is 1. The Hall–Kier alpha value is -5.62. The first-order valence-electron chi connectivity index (χ1n) is 22.5. The van der Waals surface area contributed by atoms with E-state index in [1.54, 1.807) is 29.5 Å². The number of carbonyl (C=O) groups is 2. The van der Waals surface area contributed by atoms with E-state index < -0.39 is 18.1 Å². The monoisotopic (exact) mass is 890 g/mol. The van der Waals surface area contributed by atoms with Gasteiger partial charge in [-0.2, -0.15) is 0 Å². The van der Waals surface area contributed by atoms with Crippen LogP contribution in [-0.4, -0.2) is 140 Å². The first-order chi connectivity index (χ1) is 31.0. The van der Waals surface area contributed by atoms with Crippen LogP contribution in [0.25, 0.3) is 21.7 Å². The lowest BCUT2D eigenvalue weighted by atomic mass is 9.91. The summed E-state index contributed by atoms with van der Waals surface area (Å²) in [6.07, 6.45) is 1.58. The number of benzene rings is 2. The maximum absolute atomic E-state index is 14.3. The largest absolute Gasteiger partial charge is 0.507 e. The summed E-state index contributed by atoms with van der Waals surface area (Å²) >= 11 is 1.59. The number of hydrogen-bond donors (Lipinski definition) is 4. The van der Waals surface area contributed by atoms with Crippen molar-refractivity contribution >= 4 is 34.7 Å². The normalized spacial score (nSPS) is 22.4. The lowest BCUT2D eigenvalue weighted by Gasteiger charge is -2.49. The SMILES string of the molecule is Cc1ncsc1-c1ccc([C@H](C)NC(=O)[C@@H]2C[C@@H](O)CN2C(=O)[C@@H](c2cc(OCCN3CCC[C@H](N4CCN5c6cc(-c7ccccc7O)nnc6NC[C@@H]5C4)C3)no2)C(C)C)cc1. The summed E-state index contributed by atoms with van der Waals surface area (Å²) in [5.74, 6) is 0.188. The van der Waals surface area contributed by atoms with Gasteiger partial charge in [0, 0.05) is 69.9 Å². The Labute approximate surface area is 377 Å². The van der Waals surface area contributed by atoms with Gasteiger partial charge in [0.2, 0.25) is 11.8 Å². The molecule has 0 spiro atoms. The van der Waals surface area contributed by atoms with Crippen LogP contribution in [0.1, 0.15) is 69.0 Å². The van der Waals surface area contributed by atoms with Crippen molar-refractivity contribution in [2.24, 2.45) is 5.92 Å². The van der Waals surface area contributed by atoms with Crippen LogP contribution < -0.4 is 20.3 Å². The van der Waals surface area contributed by atoms with E-state index in [1.807, 2.05) is 75.7 Å². The molecule has 6 atom stereocenters. The quantitative estimate of drug-likeness (QED) is 0.119. The van der Waals surface area contributed by atoms with Crippen molar-refractivity contribution < 1.29 is 29.1 Å². The van der Waals surface area contributed by atoms with E-state index >= 15 is 0 Å². The lowest BCUT2D eigenvalue weighted by Crippen LogP contribution is -2.62. The van der Waals surface area contributed by atoms with Crippen LogP contribution in [0.5, 0.6) is 11.6 Å². The van der Waals surface area contributed by atoms with Gasteiger partial charge in [-0.05, 0) is 73.6 Å². The first kappa shape index (κ1) is 43.6. The van der Waals surface area contributed by atoms with Crippen LogP contribution >= 0.6 is 11.3 Å². The number of aliphatic hydroxyl groups is 1. The fraction of sp³-hybridized carbons (Fsp3) is 0.489. The van der Waals surface area contributed by atoms with Crippen molar-refractivity contribution in [2.75, 3.05) is 69.2 Å². The number of aromatic hydroxyl groups is 1. The number of anilines is 2. The zero-order valence-corrected chi connectivity index (χ0v) is 37.7. The first-order valence-corrected chi connectivity index (χ1v) is 23.4. The summed E-state index contributed by atoms with van der Waals surface area (Å²) in [4.78, 5) is 42.5. The van der Waals surface area contributed by atoms with Crippen LogP contribution in [0.3, 0.4) is 0 Å². The topological polar surface area (TPSA) is 186 Å². The molecule has 0 aliphatic carbocycles. The Kier molecular flexibility index (Phi) is 12.8. The molecular formula is C47H58N10O6S. The average Bonchev–Trinajstić information content (AvgIpc) is 4.06. The van der Waals surface area contributed by atoms with Gasteiger partial charge in [0.15, 0.2) is 11.6 Å². The number of phenolic OH excluding ortho intramolecular Hbond substituents is 1. The molecule has 0 radical (unpaired) electrons. The number of piperazine rings is 1. The third kappa shape index (κ3) is 9.16. The molecule has 4 aliphatic heterocycles. The Morgan fingerprint density at radius 1 is 1.02 bits per heavy atom. The summed E-state index contributed by atoms with van der Waals surface area (Å²) in [6, 6.07) is 18.6. The number of nitrogens with one attached hydrogen (secondary N) is 2. The van der Waals surface area contributed by atoms with Crippen LogP contribution in [0, 0.1) is 12.8 Å². The number of fused-ring (bicyclic) bond motifs is 3. The number of thiazole rings is 1. The molecule has 3 saturated heterocycles.